The van der Waals surface area contributed by atoms with Crippen molar-refractivity contribution in [2.24, 2.45) is 0 Å². The van der Waals surface area contributed by atoms with Gasteiger partial charge in [-0.05, 0) is 11.6 Å². The van der Waals surface area contributed by atoms with Gasteiger partial charge >= 0.3 is 11.4 Å². The summed E-state index contributed by atoms with van der Waals surface area (Å²) in [5.41, 5.74) is 1.01. The summed E-state index contributed by atoms with van der Waals surface area (Å²) in [4.78, 5) is 4.00. The molecule has 0 unspecified atom stereocenters. The normalized spacial score (nSPS) is 26.2. The van der Waals surface area contributed by atoms with E-state index in [1.165, 1.54) is 0 Å². The van der Waals surface area contributed by atoms with Crippen molar-refractivity contribution >= 4 is 11.4 Å². The molecule has 1 aromatic heterocycles. The Kier molecular flexibility index (Phi) is 3.30. The van der Waals surface area contributed by atoms with Gasteiger partial charge in [-0.25, -0.2) is 4.98 Å². The lowest BCUT2D eigenvalue weighted by Crippen LogP contribution is -2.23. The highest BCUT2D eigenvalue weighted by Crippen LogP contribution is 2.23. The molecule has 5 nitrogen and oxygen atoms in total. The maximum Gasteiger partial charge on any atom is 0.304 e. The zero-order valence-corrected chi connectivity index (χ0v) is 9.03. The smallest absolute Gasteiger partial charge is 0.304 e. The second-order valence-corrected chi connectivity index (χ2v) is 3.98. The molecular formula is C9H11NO4S. The summed E-state index contributed by atoms with van der Waals surface area (Å²) < 4.78 is 25.6. The number of aromatic nitrogens is 1. The van der Waals surface area contributed by atoms with Gasteiger partial charge in [0.15, 0.2) is 0 Å². The maximum absolute atomic E-state index is 10.8. The fourth-order valence-corrected chi connectivity index (χ4v) is 1.96. The van der Waals surface area contributed by atoms with Gasteiger partial charge in [-0.3, -0.25) is 8.37 Å². The summed E-state index contributed by atoms with van der Waals surface area (Å²) >= 11 is -1.59. The maximum atomic E-state index is 10.8. The third-order valence-corrected chi connectivity index (χ3v) is 2.83. The van der Waals surface area contributed by atoms with E-state index in [0.29, 0.717) is 19.1 Å². The van der Waals surface area contributed by atoms with Crippen LogP contribution in [0.25, 0.3) is 0 Å². The molecule has 82 valence electrons. The Bertz CT molecular complexity index is 361. The van der Waals surface area contributed by atoms with E-state index in [4.69, 9.17) is 13.1 Å². The van der Waals surface area contributed by atoms with Crippen LogP contribution in [-0.4, -0.2) is 29.5 Å². The largest absolute Gasteiger partial charge is 0.481 e. The molecule has 0 aliphatic carbocycles. The monoisotopic (exact) mass is 229 g/mol. The van der Waals surface area contributed by atoms with Gasteiger partial charge in [0.05, 0.1) is 20.3 Å². The van der Waals surface area contributed by atoms with Crippen molar-refractivity contribution in [3.8, 4) is 5.88 Å². The van der Waals surface area contributed by atoms with Crippen molar-refractivity contribution in [1.82, 2.24) is 4.98 Å². The Morgan fingerprint density at radius 3 is 2.93 bits per heavy atom. The summed E-state index contributed by atoms with van der Waals surface area (Å²) in [6, 6.07) is 3.69. The van der Waals surface area contributed by atoms with Crippen molar-refractivity contribution in [2.45, 2.75) is 5.92 Å². The molecule has 0 aromatic carbocycles. The average Bonchev–Trinajstić information content (AvgIpc) is 2.30. The van der Waals surface area contributed by atoms with E-state index >= 15 is 0 Å². The zero-order valence-electron chi connectivity index (χ0n) is 8.21. The highest BCUT2D eigenvalue weighted by molar-refractivity contribution is 7.75. The molecule has 0 spiro atoms. The molecule has 1 fully saturated rings. The Hall–Kier alpha value is -0.980. The van der Waals surface area contributed by atoms with Gasteiger partial charge < -0.3 is 4.74 Å². The van der Waals surface area contributed by atoms with Crippen LogP contribution in [0.1, 0.15) is 11.5 Å². The van der Waals surface area contributed by atoms with Gasteiger partial charge in [-0.1, -0.05) is 0 Å². The first-order chi connectivity index (χ1) is 7.29. The summed E-state index contributed by atoms with van der Waals surface area (Å²) in [5, 5.41) is 0. The predicted octanol–water partition coefficient (Wildman–Crippen LogP) is 0.799. The molecule has 0 atom stereocenters. The van der Waals surface area contributed by atoms with Crippen LogP contribution < -0.4 is 4.74 Å². The Labute approximate surface area is 90.2 Å². The molecule has 0 radical (unpaired) electrons. The fourth-order valence-electron chi connectivity index (χ4n) is 1.34. The molecule has 6 heteroatoms. The van der Waals surface area contributed by atoms with Gasteiger partial charge in [0.25, 0.3) is 0 Å². The summed E-state index contributed by atoms with van der Waals surface area (Å²) in [6.07, 6.45) is 1.67. The second kappa shape index (κ2) is 4.69. The number of ether oxygens (including phenoxy) is 1. The quantitative estimate of drug-likeness (QED) is 0.750. The van der Waals surface area contributed by atoms with Crippen LogP contribution in [-0.2, 0) is 19.7 Å². The van der Waals surface area contributed by atoms with Crippen LogP contribution in [0.4, 0.5) is 0 Å². The molecule has 2 rings (SSSR count). The van der Waals surface area contributed by atoms with E-state index in [1.807, 2.05) is 12.1 Å². The lowest BCUT2D eigenvalue weighted by Gasteiger charge is -2.20. The van der Waals surface area contributed by atoms with Crippen molar-refractivity contribution < 1.29 is 17.3 Å². The Morgan fingerprint density at radius 1 is 1.53 bits per heavy atom. The van der Waals surface area contributed by atoms with Crippen molar-refractivity contribution in [3.63, 3.8) is 0 Å². The fraction of sp³-hybridized carbons (Fsp3) is 0.444. The van der Waals surface area contributed by atoms with Gasteiger partial charge in [-0.15, -0.1) is 0 Å². The number of hydrogen-bond donors (Lipinski definition) is 0. The van der Waals surface area contributed by atoms with Gasteiger partial charge in [-0.2, -0.15) is 4.21 Å². The van der Waals surface area contributed by atoms with E-state index in [1.54, 1.807) is 13.3 Å². The topological polar surface area (TPSA) is 57.7 Å². The molecule has 0 amide bonds. The SMILES string of the molecule is COc1cc(C2COS(=O)OC2)ccn1. The molecule has 1 aliphatic heterocycles. The minimum atomic E-state index is -1.59. The lowest BCUT2D eigenvalue weighted by molar-refractivity contribution is 0.160. The van der Waals surface area contributed by atoms with Crippen LogP contribution in [0, 0.1) is 0 Å². The second-order valence-electron chi connectivity index (χ2n) is 3.10. The van der Waals surface area contributed by atoms with Crippen molar-refractivity contribution in [1.29, 1.82) is 0 Å². The summed E-state index contributed by atoms with van der Waals surface area (Å²) in [7, 11) is 1.56. The molecule has 1 aromatic rings. The van der Waals surface area contributed by atoms with Crippen LogP contribution in [0.5, 0.6) is 5.88 Å². The Balaban J connectivity index is 2.11. The highest BCUT2D eigenvalue weighted by atomic mass is 32.2. The number of nitrogens with zero attached hydrogens (tertiary/aromatic N) is 1. The van der Waals surface area contributed by atoms with Crippen molar-refractivity contribution in [3.05, 3.63) is 23.9 Å². The molecule has 15 heavy (non-hydrogen) atoms. The Morgan fingerprint density at radius 2 is 2.27 bits per heavy atom. The lowest BCUT2D eigenvalue weighted by atomic mass is 10.0. The minimum Gasteiger partial charge on any atom is -0.481 e. The standard InChI is InChI=1S/C9H11NO4S/c1-12-9-4-7(2-3-10-9)8-5-13-15(11)14-6-8/h2-4,8H,5-6H2,1H3. The van der Waals surface area contributed by atoms with E-state index in [0.717, 1.165) is 5.56 Å². The third-order valence-electron chi connectivity index (χ3n) is 2.17. The molecule has 0 bridgehead atoms. The van der Waals surface area contributed by atoms with E-state index in [2.05, 4.69) is 4.98 Å². The molecule has 0 saturated carbocycles. The van der Waals surface area contributed by atoms with Gasteiger partial charge in [0.1, 0.15) is 0 Å². The van der Waals surface area contributed by atoms with E-state index in [9.17, 15) is 4.21 Å². The van der Waals surface area contributed by atoms with Gasteiger partial charge in [0, 0.05) is 18.2 Å². The minimum absolute atomic E-state index is 0.0830. The number of hydrogen-bond acceptors (Lipinski definition) is 5. The molecule has 1 saturated heterocycles. The first-order valence-corrected chi connectivity index (χ1v) is 5.48. The first-order valence-electron chi connectivity index (χ1n) is 4.48. The highest BCUT2D eigenvalue weighted by Gasteiger charge is 2.21. The van der Waals surface area contributed by atoms with Gasteiger partial charge in [0.2, 0.25) is 5.88 Å². The molecular weight excluding hydrogens is 218 g/mol. The third kappa shape index (κ3) is 2.53. The summed E-state index contributed by atoms with van der Waals surface area (Å²) in [6.45, 7) is 0.777. The van der Waals surface area contributed by atoms with Crippen molar-refractivity contribution in [2.75, 3.05) is 20.3 Å². The summed E-state index contributed by atoms with van der Waals surface area (Å²) in [5.74, 6) is 0.638. The molecule has 2 heterocycles. The number of rotatable bonds is 2. The first kappa shape index (κ1) is 10.5. The van der Waals surface area contributed by atoms with Crippen LogP contribution >= 0.6 is 0 Å². The average molecular weight is 229 g/mol. The van der Waals surface area contributed by atoms with E-state index < -0.39 is 11.4 Å². The molecule has 0 N–H and O–H groups in total. The van der Waals surface area contributed by atoms with Crippen LogP contribution in [0.2, 0.25) is 0 Å². The van der Waals surface area contributed by atoms with E-state index in [-0.39, 0.29) is 5.92 Å². The number of pyridine rings is 1. The predicted molar refractivity (Wildman–Crippen MR) is 53.6 cm³/mol. The van der Waals surface area contributed by atoms with Crippen LogP contribution in [0.15, 0.2) is 18.3 Å². The van der Waals surface area contributed by atoms with Crippen LogP contribution in [0.3, 0.4) is 0 Å². The number of methoxy groups -OCH3 is 1. The molecule has 1 aliphatic rings. The zero-order chi connectivity index (χ0) is 10.7.